The summed E-state index contributed by atoms with van der Waals surface area (Å²) in [5.41, 5.74) is 0. The predicted molar refractivity (Wildman–Crippen MR) is 72.6 cm³/mol. The predicted octanol–water partition coefficient (Wildman–Crippen LogP) is 1.59. The topological polar surface area (TPSA) is 95.4 Å². The van der Waals surface area contributed by atoms with E-state index in [0.29, 0.717) is 29.7 Å². The molecule has 0 aliphatic carbocycles. The molecule has 104 valence electrons. The van der Waals surface area contributed by atoms with E-state index in [1.165, 1.54) is 16.7 Å². The lowest BCUT2D eigenvalue weighted by atomic mass is 9.99. The van der Waals surface area contributed by atoms with E-state index in [1.807, 2.05) is 6.26 Å². The Morgan fingerprint density at radius 1 is 1.58 bits per heavy atom. The largest absolute Gasteiger partial charge is 0.481 e. The highest BCUT2D eigenvalue weighted by Crippen LogP contribution is 2.20. The number of hydrogen-bond donors (Lipinski definition) is 2. The quantitative estimate of drug-likeness (QED) is 0.823. The van der Waals surface area contributed by atoms with E-state index in [9.17, 15) is 9.59 Å². The van der Waals surface area contributed by atoms with Crippen molar-refractivity contribution in [3.63, 3.8) is 0 Å². The van der Waals surface area contributed by atoms with Gasteiger partial charge in [-0.05, 0) is 19.1 Å². The molecule has 0 spiro atoms. The molecule has 1 aromatic heterocycles. The number of nitrogens with one attached hydrogen (secondary N) is 1. The molecular weight excluding hydrogens is 288 g/mol. The van der Waals surface area contributed by atoms with Crippen LogP contribution in [0.2, 0.25) is 0 Å². The third kappa shape index (κ3) is 3.57. The van der Waals surface area contributed by atoms with Gasteiger partial charge in [-0.15, -0.1) is 0 Å². The molecule has 1 atom stereocenters. The summed E-state index contributed by atoms with van der Waals surface area (Å²) in [6.45, 7) is 0.819. The number of amides is 2. The van der Waals surface area contributed by atoms with E-state index >= 15 is 0 Å². The molecule has 1 saturated heterocycles. The zero-order valence-corrected chi connectivity index (χ0v) is 12.0. The van der Waals surface area contributed by atoms with Crippen molar-refractivity contribution in [3.05, 3.63) is 0 Å². The molecule has 9 heteroatoms. The number of hydrogen-bond acceptors (Lipinski definition) is 6. The molecule has 0 aromatic carbocycles. The summed E-state index contributed by atoms with van der Waals surface area (Å²) in [6, 6.07) is -0.310. The Kier molecular flexibility index (Phi) is 4.59. The van der Waals surface area contributed by atoms with Gasteiger partial charge < -0.3 is 10.0 Å². The van der Waals surface area contributed by atoms with E-state index in [1.54, 1.807) is 0 Å². The lowest BCUT2D eigenvalue weighted by molar-refractivity contribution is -0.143. The van der Waals surface area contributed by atoms with Crippen LogP contribution in [0, 0.1) is 5.92 Å². The van der Waals surface area contributed by atoms with Gasteiger partial charge in [0.05, 0.1) is 5.92 Å². The summed E-state index contributed by atoms with van der Waals surface area (Å²) in [7, 11) is 0. The van der Waals surface area contributed by atoms with Crippen LogP contribution in [-0.2, 0) is 4.79 Å². The summed E-state index contributed by atoms with van der Waals surface area (Å²) in [4.78, 5) is 28.6. The first-order valence-corrected chi connectivity index (χ1v) is 7.76. The highest BCUT2D eigenvalue weighted by atomic mass is 32.2. The highest BCUT2D eigenvalue weighted by molar-refractivity contribution is 7.98. The SMILES string of the molecule is CSc1nsc(NC(=O)N2CCCC(C(=O)O)C2)n1. The van der Waals surface area contributed by atoms with Gasteiger partial charge in [0.1, 0.15) is 0 Å². The molecule has 2 heterocycles. The number of urea groups is 1. The summed E-state index contributed by atoms with van der Waals surface area (Å²) < 4.78 is 4.04. The number of rotatable bonds is 3. The molecule has 19 heavy (non-hydrogen) atoms. The van der Waals surface area contributed by atoms with Gasteiger partial charge in [0, 0.05) is 24.6 Å². The van der Waals surface area contributed by atoms with E-state index < -0.39 is 11.9 Å². The van der Waals surface area contributed by atoms with Crippen molar-refractivity contribution >= 4 is 40.4 Å². The molecule has 0 radical (unpaired) electrons. The number of aliphatic carboxylic acids is 1. The summed E-state index contributed by atoms with van der Waals surface area (Å²) in [5, 5.41) is 12.7. The fraction of sp³-hybridized carbons (Fsp3) is 0.600. The molecule has 1 aliphatic heterocycles. The number of likely N-dealkylation sites (tertiary alicyclic amines) is 1. The third-order valence-electron chi connectivity index (χ3n) is 2.86. The fourth-order valence-electron chi connectivity index (χ4n) is 1.88. The zero-order valence-electron chi connectivity index (χ0n) is 10.3. The molecule has 1 aromatic rings. The zero-order chi connectivity index (χ0) is 13.8. The number of nitrogens with zero attached hydrogens (tertiary/aromatic N) is 3. The number of carbonyl (C=O) groups excluding carboxylic acids is 1. The fourth-order valence-corrected chi connectivity index (χ4v) is 2.99. The van der Waals surface area contributed by atoms with Crippen LogP contribution >= 0.6 is 23.3 Å². The maximum Gasteiger partial charge on any atom is 0.323 e. The Balaban J connectivity index is 1.93. The van der Waals surface area contributed by atoms with Crippen molar-refractivity contribution in [1.29, 1.82) is 0 Å². The third-order valence-corrected chi connectivity index (χ3v) is 4.16. The second-order valence-corrected chi connectivity index (χ2v) is 5.67. The van der Waals surface area contributed by atoms with Gasteiger partial charge in [-0.2, -0.15) is 9.36 Å². The first-order chi connectivity index (χ1) is 9.10. The van der Waals surface area contributed by atoms with Gasteiger partial charge in [0.2, 0.25) is 10.3 Å². The number of carboxylic acids is 1. The number of anilines is 1. The molecule has 7 nitrogen and oxygen atoms in total. The minimum Gasteiger partial charge on any atom is -0.481 e. The van der Waals surface area contributed by atoms with Crippen LogP contribution in [0.4, 0.5) is 9.93 Å². The van der Waals surface area contributed by atoms with Crippen molar-refractivity contribution < 1.29 is 14.7 Å². The first-order valence-electron chi connectivity index (χ1n) is 5.76. The van der Waals surface area contributed by atoms with E-state index in [2.05, 4.69) is 14.7 Å². The minimum atomic E-state index is -0.849. The number of thioether (sulfide) groups is 1. The van der Waals surface area contributed by atoms with E-state index in [4.69, 9.17) is 5.11 Å². The van der Waals surface area contributed by atoms with Crippen LogP contribution in [0.15, 0.2) is 5.16 Å². The first kappa shape index (κ1) is 14.1. The molecule has 1 fully saturated rings. The van der Waals surface area contributed by atoms with Crippen LogP contribution in [0.5, 0.6) is 0 Å². The molecular formula is C10H14N4O3S2. The number of carbonyl (C=O) groups is 2. The molecule has 0 saturated carbocycles. The van der Waals surface area contributed by atoms with Crippen molar-refractivity contribution in [2.75, 3.05) is 24.7 Å². The maximum atomic E-state index is 12.0. The number of carboxylic acid groups (broad SMARTS) is 1. The van der Waals surface area contributed by atoms with E-state index in [0.717, 1.165) is 11.5 Å². The molecule has 2 N–H and O–H groups in total. The standard InChI is InChI=1S/C10H14N4O3S2/c1-18-9-11-8(19-13-9)12-10(17)14-4-2-3-6(5-14)7(15)16/h6H,2-5H2,1H3,(H,15,16)(H,11,12,13,17). The molecule has 2 amide bonds. The van der Waals surface area contributed by atoms with Gasteiger partial charge in [0.25, 0.3) is 0 Å². The Morgan fingerprint density at radius 2 is 2.37 bits per heavy atom. The van der Waals surface area contributed by atoms with Crippen molar-refractivity contribution in [2.45, 2.75) is 18.0 Å². The number of piperidine rings is 1. The summed E-state index contributed by atoms with van der Waals surface area (Å²) in [6.07, 6.45) is 3.18. The maximum absolute atomic E-state index is 12.0. The monoisotopic (exact) mass is 302 g/mol. The van der Waals surface area contributed by atoms with Crippen LogP contribution in [-0.4, -0.2) is 50.7 Å². The second kappa shape index (κ2) is 6.20. The number of aromatic nitrogens is 2. The van der Waals surface area contributed by atoms with Crippen LogP contribution in [0.1, 0.15) is 12.8 Å². The molecule has 1 unspecified atom stereocenters. The van der Waals surface area contributed by atoms with Gasteiger partial charge in [0.15, 0.2) is 0 Å². The smallest absolute Gasteiger partial charge is 0.323 e. The van der Waals surface area contributed by atoms with Crippen molar-refractivity contribution in [1.82, 2.24) is 14.3 Å². The average Bonchev–Trinajstić information content (AvgIpc) is 2.86. The normalized spacial score (nSPS) is 19.2. The van der Waals surface area contributed by atoms with Crippen LogP contribution in [0.3, 0.4) is 0 Å². The average molecular weight is 302 g/mol. The van der Waals surface area contributed by atoms with E-state index in [-0.39, 0.29) is 12.6 Å². The van der Waals surface area contributed by atoms with Crippen LogP contribution in [0.25, 0.3) is 0 Å². The second-order valence-electron chi connectivity index (χ2n) is 4.14. The highest BCUT2D eigenvalue weighted by Gasteiger charge is 2.28. The molecule has 1 aliphatic rings. The Hall–Kier alpha value is -1.35. The Morgan fingerprint density at radius 3 is 3.00 bits per heavy atom. The summed E-state index contributed by atoms with van der Waals surface area (Å²) >= 11 is 2.52. The molecule has 0 bridgehead atoms. The Labute approximate surface area is 118 Å². The van der Waals surface area contributed by atoms with Crippen molar-refractivity contribution in [2.24, 2.45) is 5.92 Å². The van der Waals surface area contributed by atoms with Gasteiger partial charge in [-0.1, -0.05) is 11.8 Å². The summed E-state index contributed by atoms with van der Waals surface area (Å²) in [5.74, 6) is -1.33. The van der Waals surface area contributed by atoms with Crippen molar-refractivity contribution in [3.8, 4) is 0 Å². The Bertz CT molecular complexity index is 479. The lowest BCUT2D eigenvalue weighted by Crippen LogP contribution is -2.44. The minimum absolute atomic E-state index is 0.245. The molecule has 2 rings (SSSR count). The van der Waals surface area contributed by atoms with Gasteiger partial charge in [-0.25, -0.2) is 4.79 Å². The van der Waals surface area contributed by atoms with Gasteiger partial charge in [-0.3, -0.25) is 10.1 Å². The lowest BCUT2D eigenvalue weighted by Gasteiger charge is -2.30. The van der Waals surface area contributed by atoms with Gasteiger partial charge >= 0.3 is 12.0 Å². The van der Waals surface area contributed by atoms with Crippen LogP contribution < -0.4 is 5.32 Å².